The summed E-state index contributed by atoms with van der Waals surface area (Å²) in [5.41, 5.74) is 1.01. The van der Waals surface area contributed by atoms with Crippen LogP contribution in [0, 0.1) is 5.82 Å². The zero-order valence-electron chi connectivity index (χ0n) is 15.0. The minimum absolute atomic E-state index is 0.0441. The van der Waals surface area contributed by atoms with Gasteiger partial charge in [-0.15, -0.1) is 11.3 Å². The molecule has 0 aliphatic carbocycles. The number of hydrogen-bond donors (Lipinski definition) is 0. The molecule has 0 spiro atoms. The third-order valence-electron chi connectivity index (χ3n) is 5.05. The Hall–Kier alpha value is -2.60. The molecule has 4 rings (SSSR count). The van der Waals surface area contributed by atoms with Crippen LogP contribution in [0.5, 0.6) is 0 Å². The lowest BCUT2D eigenvalue weighted by Crippen LogP contribution is -2.49. The Morgan fingerprint density at radius 2 is 1.70 bits per heavy atom. The number of rotatable bonds is 5. The van der Waals surface area contributed by atoms with E-state index in [4.69, 9.17) is 0 Å². The fourth-order valence-electron chi connectivity index (χ4n) is 3.55. The first kappa shape index (κ1) is 17.8. The molecule has 1 aromatic carbocycles. The fourth-order valence-corrected chi connectivity index (χ4v) is 4.38. The zero-order chi connectivity index (χ0) is 18.6. The number of halogens is 1. The summed E-state index contributed by atoms with van der Waals surface area (Å²) >= 11 is 1.69. The van der Waals surface area contributed by atoms with E-state index in [1.807, 2.05) is 35.5 Å². The van der Waals surface area contributed by atoms with Crippen LogP contribution in [-0.4, -0.2) is 41.6 Å². The molecule has 1 unspecified atom stereocenters. The minimum atomic E-state index is -0.225. The zero-order valence-corrected chi connectivity index (χ0v) is 15.8. The highest BCUT2D eigenvalue weighted by Gasteiger charge is 2.25. The lowest BCUT2D eigenvalue weighted by atomic mass is 10.1. The van der Waals surface area contributed by atoms with Crippen molar-refractivity contribution in [3.63, 3.8) is 0 Å². The number of hydrogen-bond acceptors (Lipinski definition) is 3. The third-order valence-corrected chi connectivity index (χ3v) is 6.02. The van der Waals surface area contributed by atoms with Crippen molar-refractivity contribution in [1.82, 2.24) is 9.47 Å². The Labute approximate surface area is 162 Å². The summed E-state index contributed by atoms with van der Waals surface area (Å²) in [7, 11) is 0. The van der Waals surface area contributed by atoms with Crippen molar-refractivity contribution in [3.05, 3.63) is 77.0 Å². The molecule has 0 bridgehead atoms. The van der Waals surface area contributed by atoms with E-state index in [0.29, 0.717) is 19.5 Å². The summed E-state index contributed by atoms with van der Waals surface area (Å²) in [4.78, 5) is 18.3. The topological polar surface area (TPSA) is 28.5 Å². The van der Waals surface area contributed by atoms with Crippen molar-refractivity contribution in [1.29, 1.82) is 0 Å². The molecule has 1 saturated heterocycles. The summed E-state index contributed by atoms with van der Waals surface area (Å²) in [5, 5.41) is 2.05. The summed E-state index contributed by atoms with van der Waals surface area (Å²) < 4.78 is 15.2. The number of benzene rings is 1. The van der Waals surface area contributed by atoms with Crippen molar-refractivity contribution in [3.8, 4) is 0 Å². The Morgan fingerprint density at radius 3 is 2.33 bits per heavy atom. The second kappa shape index (κ2) is 7.96. The fraction of sp³-hybridized carbons (Fsp3) is 0.286. The highest BCUT2D eigenvalue weighted by Crippen LogP contribution is 2.27. The lowest BCUT2D eigenvalue weighted by Gasteiger charge is -2.36. The van der Waals surface area contributed by atoms with Gasteiger partial charge in [-0.1, -0.05) is 6.07 Å². The Balaban J connectivity index is 1.39. The highest BCUT2D eigenvalue weighted by molar-refractivity contribution is 7.10. The summed E-state index contributed by atoms with van der Waals surface area (Å²) in [6.07, 6.45) is 4.50. The molecule has 1 atom stereocenters. The number of aromatic nitrogens is 1. The summed E-state index contributed by atoms with van der Waals surface area (Å²) in [6, 6.07) is 14.7. The molecule has 0 N–H and O–H groups in total. The molecule has 2 aromatic heterocycles. The number of nitrogens with zero attached hydrogens (tertiary/aromatic N) is 3. The average Bonchev–Trinajstić information content (AvgIpc) is 3.41. The van der Waals surface area contributed by atoms with Crippen LogP contribution in [0.15, 0.2) is 66.3 Å². The first-order chi connectivity index (χ1) is 13.2. The van der Waals surface area contributed by atoms with Gasteiger partial charge in [0.15, 0.2) is 0 Å². The van der Waals surface area contributed by atoms with Crippen LogP contribution in [0.1, 0.15) is 17.3 Å². The van der Waals surface area contributed by atoms with Crippen LogP contribution in [0.4, 0.5) is 10.1 Å². The second-order valence-electron chi connectivity index (χ2n) is 6.71. The van der Waals surface area contributed by atoms with Gasteiger partial charge in [-0.2, -0.15) is 0 Å². The molecule has 140 valence electrons. The maximum absolute atomic E-state index is 13.1. The SMILES string of the molecule is O=C(CC(c1cccs1)n1cccc1)N1CCN(c2ccc(F)cc2)CC1. The summed E-state index contributed by atoms with van der Waals surface area (Å²) in [6.45, 7) is 2.92. The average molecular weight is 383 g/mol. The van der Waals surface area contributed by atoms with Gasteiger partial charge < -0.3 is 14.4 Å². The van der Waals surface area contributed by atoms with Crippen LogP contribution >= 0.6 is 11.3 Å². The molecule has 4 nitrogen and oxygen atoms in total. The smallest absolute Gasteiger partial charge is 0.225 e. The van der Waals surface area contributed by atoms with Gasteiger partial charge in [0.25, 0.3) is 0 Å². The number of anilines is 1. The van der Waals surface area contributed by atoms with Gasteiger partial charge in [0.2, 0.25) is 5.91 Å². The third kappa shape index (κ3) is 4.06. The van der Waals surface area contributed by atoms with Crippen LogP contribution in [-0.2, 0) is 4.79 Å². The molecule has 1 fully saturated rings. The van der Waals surface area contributed by atoms with Crippen LogP contribution < -0.4 is 4.90 Å². The van der Waals surface area contributed by atoms with Gasteiger partial charge >= 0.3 is 0 Å². The molecule has 1 aliphatic rings. The van der Waals surface area contributed by atoms with Crippen molar-refractivity contribution >= 4 is 22.9 Å². The maximum Gasteiger partial charge on any atom is 0.225 e. The molecular formula is C21H22FN3OS. The predicted molar refractivity (Wildman–Crippen MR) is 107 cm³/mol. The van der Waals surface area contributed by atoms with Crippen molar-refractivity contribution in [2.24, 2.45) is 0 Å². The molecule has 3 aromatic rings. The van der Waals surface area contributed by atoms with Gasteiger partial charge in [0.1, 0.15) is 5.82 Å². The Morgan fingerprint density at radius 1 is 1.00 bits per heavy atom. The minimum Gasteiger partial charge on any atom is -0.368 e. The molecule has 1 amide bonds. The van der Waals surface area contributed by atoms with E-state index in [9.17, 15) is 9.18 Å². The first-order valence-corrected chi connectivity index (χ1v) is 10.0. The molecule has 3 heterocycles. The molecule has 0 saturated carbocycles. The van der Waals surface area contributed by atoms with E-state index in [2.05, 4.69) is 20.9 Å². The number of piperazine rings is 1. The number of thiophene rings is 1. The first-order valence-electron chi connectivity index (χ1n) is 9.15. The molecule has 1 aliphatic heterocycles. The van der Waals surface area contributed by atoms with Crippen LogP contribution in [0.25, 0.3) is 0 Å². The van der Waals surface area contributed by atoms with Gasteiger partial charge in [-0.25, -0.2) is 4.39 Å². The van der Waals surface area contributed by atoms with Crippen LogP contribution in [0.3, 0.4) is 0 Å². The van der Waals surface area contributed by atoms with E-state index in [-0.39, 0.29) is 17.8 Å². The predicted octanol–water partition coefficient (Wildman–Crippen LogP) is 4.02. The molecule has 0 radical (unpaired) electrons. The standard InChI is InChI=1S/C21H22FN3OS/c22-17-5-7-18(8-6-17)23-11-13-25(14-12-23)21(26)16-19(20-4-3-15-27-20)24-9-1-2-10-24/h1-10,15,19H,11-14,16H2. The number of carbonyl (C=O) groups is 1. The normalized spacial score (nSPS) is 15.7. The molecule has 6 heteroatoms. The monoisotopic (exact) mass is 383 g/mol. The molecular weight excluding hydrogens is 361 g/mol. The van der Waals surface area contributed by atoms with Crippen molar-refractivity contribution in [2.45, 2.75) is 12.5 Å². The largest absolute Gasteiger partial charge is 0.368 e. The van der Waals surface area contributed by atoms with E-state index >= 15 is 0 Å². The van der Waals surface area contributed by atoms with E-state index < -0.39 is 0 Å². The second-order valence-corrected chi connectivity index (χ2v) is 7.69. The molecule has 27 heavy (non-hydrogen) atoms. The Kier molecular flexibility index (Phi) is 5.25. The lowest BCUT2D eigenvalue weighted by molar-refractivity contribution is -0.132. The van der Waals surface area contributed by atoms with Crippen molar-refractivity contribution in [2.75, 3.05) is 31.1 Å². The van der Waals surface area contributed by atoms with Gasteiger partial charge in [0.05, 0.1) is 12.5 Å². The summed E-state index contributed by atoms with van der Waals surface area (Å²) in [5.74, 6) is -0.0435. The van der Waals surface area contributed by atoms with E-state index in [1.54, 1.807) is 23.5 Å². The maximum atomic E-state index is 13.1. The van der Waals surface area contributed by atoms with Gasteiger partial charge in [0, 0.05) is 49.1 Å². The number of amides is 1. The Bertz CT molecular complexity index is 819. The van der Waals surface area contributed by atoms with Gasteiger partial charge in [-0.3, -0.25) is 4.79 Å². The number of carbonyl (C=O) groups excluding carboxylic acids is 1. The quantitative estimate of drug-likeness (QED) is 0.666. The van der Waals surface area contributed by atoms with Gasteiger partial charge in [-0.05, 0) is 47.8 Å². The van der Waals surface area contributed by atoms with E-state index in [0.717, 1.165) is 18.8 Å². The van der Waals surface area contributed by atoms with E-state index in [1.165, 1.54) is 17.0 Å². The van der Waals surface area contributed by atoms with Crippen molar-refractivity contribution < 1.29 is 9.18 Å². The highest BCUT2D eigenvalue weighted by atomic mass is 32.1. The van der Waals surface area contributed by atoms with Crippen LogP contribution in [0.2, 0.25) is 0 Å².